The number of carbonyl (C=O) groups is 1. The van der Waals surface area contributed by atoms with Gasteiger partial charge in [-0.3, -0.25) is 4.79 Å². The van der Waals surface area contributed by atoms with Gasteiger partial charge in [0.2, 0.25) is 0 Å². The van der Waals surface area contributed by atoms with Gasteiger partial charge in [0, 0.05) is 12.0 Å². The van der Waals surface area contributed by atoms with Crippen molar-refractivity contribution in [3.63, 3.8) is 0 Å². The van der Waals surface area contributed by atoms with Crippen LogP contribution in [0.5, 0.6) is 0 Å². The van der Waals surface area contributed by atoms with Crippen molar-refractivity contribution in [2.45, 2.75) is 13.8 Å². The molecule has 0 aromatic rings. The predicted octanol–water partition coefficient (Wildman–Crippen LogP) is 0.955. The van der Waals surface area contributed by atoms with E-state index in [2.05, 4.69) is 6.08 Å². The normalized spacial score (nSPS) is 29.1. The second kappa shape index (κ2) is 1.19. The average Bonchev–Trinajstić information content (AvgIpc) is 1.68. The van der Waals surface area contributed by atoms with Gasteiger partial charge >= 0.3 is 0 Å². The van der Waals surface area contributed by atoms with Crippen molar-refractivity contribution in [2.24, 2.45) is 5.92 Å². The Labute approximate surface area is 43.0 Å². The highest BCUT2D eigenvalue weighted by atomic mass is 16.1. The highest BCUT2D eigenvalue weighted by Crippen LogP contribution is 2.19. The SMILES string of the molecule is CC1=[C]C(=O)C1C. The largest absolute Gasteiger partial charge is 0.293 e. The van der Waals surface area contributed by atoms with E-state index in [4.69, 9.17) is 0 Å². The summed E-state index contributed by atoms with van der Waals surface area (Å²) >= 11 is 0. The number of hydrogen-bond donors (Lipinski definition) is 0. The molecule has 0 spiro atoms. The molecule has 0 saturated carbocycles. The minimum Gasteiger partial charge on any atom is -0.293 e. The van der Waals surface area contributed by atoms with Crippen LogP contribution in [-0.2, 0) is 4.79 Å². The highest BCUT2D eigenvalue weighted by molar-refractivity contribution is 5.96. The summed E-state index contributed by atoms with van der Waals surface area (Å²) in [6, 6.07) is 0. The van der Waals surface area contributed by atoms with Crippen molar-refractivity contribution >= 4 is 5.78 Å². The van der Waals surface area contributed by atoms with Crippen LogP contribution in [0.2, 0.25) is 0 Å². The summed E-state index contributed by atoms with van der Waals surface area (Å²) in [4.78, 5) is 10.3. The Bertz CT molecular complexity index is 133. The van der Waals surface area contributed by atoms with Crippen molar-refractivity contribution in [1.29, 1.82) is 0 Å². The molecule has 0 N–H and O–H groups in total. The van der Waals surface area contributed by atoms with Crippen molar-refractivity contribution in [3.8, 4) is 0 Å². The molecule has 1 radical (unpaired) electrons. The third-order valence-corrected chi connectivity index (χ3v) is 1.36. The van der Waals surface area contributed by atoms with E-state index in [9.17, 15) is 4.79 Å². The van der Waals surface area contributed by atoms with Crippen molar-refractivity contribution in [2.75, 3.05) is 0 Å². The molecule has 1 unspecified atom stereocenters. The molecule has 7 heavy (non-hydrogen) atoms. The maximum Gasteiger partial charge on any atom is 0.170 e. The van der Waals surface area contributed by atoms with Crippen LogP contribution in [-0.4, -0.2) is 5.78 Å². The van der Waals surface area contributed by atoms with Gasteiger partial charge < -0.3 is 0 Å². The molecule has 0 fully saturated rings. The van der Waals surface area contributed by atoms with E-state index in [1.807, 2.05) is 13.8 Å². The fraction of sp³-hybridized carbons (Fsp3) is 0.500. The zero-order chi connectivity index (χ0) is 5.44. The molecule has 0 heterocycles. The van der Waals surface area contributed by atoms with Gasteiger partial charge in [0.25, 0.3) is 0 Å². The summed E-state index contributed by atoms with van der Waals surface area (Å²) in [5.74, 6) is 0.317. The Morgan fingerprint density at radius 1 is 1.71 bits per heavy atom. The van der Waals surface area contributed by atoms with Crippen LogP contribution in [0.3, 0.4) is 0 Å². The number of hydrogen-bond acceptors (Lipinski definition) is 1. The summed E-state index contributed by atoms with van der Waals surface area (Å²) in [5.41, 5.74) is 1.09. The van der Waals surface area contributed by atoms with Crippen LogP contribution in [0.15, 0.2) is 5.57 Å². The molecule has 1 aliphatic rings. The quantitative estimate of drug-likeness (QED) is 0.438. The summed E-state index contributed by atoms with van der Waals surface area (Å²) in [6.45, 7) is 3.82. The minimum atomic E-state index is 0.150. The van der Waals surface area contributed by atoms with Gasteiger partial charge in [-0.25, -0.2) is 0 Å². The van der Waals surface area contributed by atoms with Gasteiger partial charge in [0.1, 0.15) is 0 Å². The molecular formula is C6H7O. The first kappa shape index (κ1) is 4.57. The first-order chi connectivity index (χ1) is 3.22. The molecule has 37 valence electrons. The van der Waals surface area contributed by atoms with E-state index >= 15 is 0 Å². The molecule has 0 bridgehead atoms. The Kier molecular flexibility index (Phi) is 0.775. The van der Waals surface area contributed by atoms with Crippen molar-refractivity contribution in [3.05, 3.63) is 11.6 Å². The lowest BCUT2D eigenvalue weighted by Gasteiger charge is -2.15. The summed E-state index contributed by atoms with van der Waals surface area (Å²) in [5, 5.41) is 0. The van der Waals surface area contributed by atoms with E-state index in [-0.39, 0.29) is 11.7 Å². The lowest BCUT2D eigenvalue weighted by atomic mass is 9.87. The molecule has 0 aromatic heterocycles. The van der Waals surface area contributed by atoms with Gasteiger partial charge in [0.05, 0.1) is 0 Å². The van der Waals surface area contributed by atoms with Gasteiger partial charge in [-0.2, -0.15) is 0 Å². The van der Waals surface area contributed by atoms with Gasteiger partial charge in [-0.15, -0.1) is 0 Å². The number of carbonyl (C=O) groups excluding carboxylic acids is 1. The molecular weight excluding hydrogens is 88.1 g/mol. The Hall–Kier alpha value is -0.590. The monoisotopic (exact) mass is 95.0 g/mol. The first-order valence-corrected chi connectivity index (χ1v) is 2.36. The number of Topliss-reactive ketones (excluding diaryl/α,β-unsaturated/α-hetero) is 1. The van der Waals surface area contributed by atoms with Crippen LogP contribution in [0, 0.1) is 12.0 Å². The topological polar surface area (TPSA) is 17.1 Å². The highest BCUT2D eigenvalue weighted by Gasteiger charge is 2.21. The second-order valence-electron chi connectivity index (χ2n) is 1.89. The number of allylic oxidation sites excluding steroid dienone is 2. The average molecular weight is 95.1 g/mol. The Morgan fingerprint density at radius 2 is 2.29 bits per heavy atom. The molecule has 1 nitrogen and oxygen atoms in total. The van der Waals surface area contributed by atoms with Crippen LogP contribution in [0.1, 0.15) is 13.8 Å². The van der Waals surface area contributed by atoms with Gasteiger partial charge in [-0.05, 0) is 6.92 Å². The number of rotatable bonds is 0. The lowest BCUT2D eigenvalue weighted by molar-refractivity contribution is -0.119. The second-order valence-corrected chi connectivity index (χ2v) is 1.89. The van der Waals surface area contributed by atoms with Crippen LogP contribution < -0.4 is 0 Å². The van der Waals surface area contributed by atoms with Gasteiger partial charge in [-0.1, -0.05) is 12.5 Å². The van der Waals surface area contributed by atoms with Crippen molar-refractivity contribution < 1.29 is 4.79 Å². The van der Waals surface area contributed by atoms with Crippen LogP contribution in [0.4, 0.5) is 0 Å². The first-order valence-electron chi connectivity index (χ1n) is 2.36. The molecule has 1 heteroatoms. The van der Waals surface area contributed by atoms with E-state index in [0.717, 1.165) is 5.57 Å². The van der Waals surface area contributed by atoms with Crippen LogP contribution >= 0.6 is 0 Å². The molecule has 1 atom stereocenters. The fourth-order valence-corrected chi connectivity index (χ4v) is 0.530. The molecule has 0 saturated heterocycles. The van der Waals surface area contributed by atoms with E-state index in [1.54, 1.807) is 0 Å². The van der Waals surface area contributed by atoms with Gasteiger partial charge in [0.15, 0.2) is 5.78 Å². The third kappa shape index (κ3) is 0.483. The fourth-order valence-electron chi connectivity index (χ4n) is 0.530. The maximum atomic E-state index is 10.3. The van der Waals surface area contributed by atoms with Crippen LogP contribution in [0.25, 0.3) is 0 Å². The smallest absolute Gasteiger partial charge is 0.170 e. The summed E-state index contributed by atoms with van der Waals surface area (Å²) in [6.07, 6.45) is 2.63. The molecule has 1 aliphatic carbocycles. The zero-order valence-corrected chi connectivity index (χ0v) is 4.49. The molecule has 0 aliphatic heterocycles. The minimum absolute atomic E-state index is 0.150. The lowest BCUT2D eigenvalue weighted by Crippen LogP contribution is -2.20. The Morgan fingerprint density at radius 3 is 2.29 bits per heavy atom. The maximum absolute atomic E-state index is 10.3. The zero-order valence-electron chi connectivity index (χ0n) is 4.49. The standard InChI is InChI=1S/C6H7O/c1-4-3-6(7)5(4)2/h5H,1-2H3. The summed E-state index contributed by atoms with van der Waals surface area (Å²) in [7, 11) is 0. The molecule has 1 rings (SSSR count). The number of ketones is 1. The van der Waals surface area contributed by atoms with E-state index in [1.165, 1.54) is 0 Å². The summed E-state index contributed by atoms with van der Waals surface area (Å²) < 4.78 is 0. The molecule has 0 aromatic carbocycles. The Balaban J connectivity index is 2.75. The third-order valence-electron chi connectivity index (χ3n) is 1.36. The molecule has 0 amide bonds. The predicted molar refractivity (Wildman–Crippen MR) is 26.6 cm³/mol. The van der Waals surface area contributed by atoms with Crippen molar-refractivity contribution in [1.82, 2.24) is 0 Å². The van der Waals surface area contributed by atoms with E-state index in [0.29, 0.717) is 0 Å². The van der Waals surface area contributed by atoms with E-state index < -0.39 is 0 Å².